The van der Waals surface area contributed by atoms with Crippen LogP contribution in [0.3, 0.4) is 0 Å². The molecule has 0 unspecified atom stereocenters. The molecule has 1 aliphatic rings. The summed E-state index contributed by atoms with van der Waals surface area (Å²) in [7, 11) is 0. The maximum atomic E-state index is 9.82. The van der Waals surface area contributed by atoms with Crippen molar-refractivity contribution in [1.82, 2.24) is 4.98 Å². The van der Waals surface area contributed by atoms with Crippen LogP contribution in [0.25, 0.3) is 0 Å². The Morgan fingerprint density at radius 3 is 2.72 bits per heavy atom. The van der Waals surface area contributed by atoms with E-state index in [4.69, 9.17) is 0 Å². The van der Waals surface area contributed by atoms with Gasteiger partial charge in [-0.15, -0.1) is 11.8 Å². The highest BCUT2D eigenvalue weighted by atomic mass is 32.2. The van der Waals surface area contributed by atoms with Crippen LogP contribution >= 0.6 is 11.8 Å². The van der Waals surface area contributed by atoms with Gasteiger partial charge < -0.3 is 5.11 Å². The summed E-state index contributed by atoms with van der Waals surface area (Å²) in [4.78, 5) is 4.54. The number of aryl methyl sites for hydroxylation is 1. The first-order valence-corrected chi connectivity index (χ1v) is 7.90. The summed E-state index contributed by atoms with van der Waals surface area (Å²) < 4.78 is 0. The molecule has 18 heavy (non-hydrogen) atoms. The Balaban J connectivity index is 2.04. The van der Waals surface area contributed by atoms with E-state index in [-0.39, 0.29) is 6.10 Å². The van der Waals surface area contributed by atoms with E-state index in [2.05, 4.69) is 18.0 Å². The summed E-state index contributed by atoms with van der Waals surface area (Å²) >= 11 is 1.93. The lowest BCUT2D eigenvalue weighted by Crippen LogP contribution is -2.08. The summed E-state index contributed by atoms with van der Waals surface area (Å²) in [5.74, 6) is 0. The minimum absolute atomic E-state index is 0.370. The van der Waals surface area contributed by atoms with Crippen molar-refractivity contribution in [3.8, 4) is 0 Å². The molecule has 1 aromatic heterocycles. The zero-order chi connectivity index (χ0) is 13.0. The van der Waals surface area contributed by atoms with Gasteiger partial charge in [0.05, 0.1) is 11.1 Å². The first kappa shape index (κ1) is 13.9. The molecule has 0 spiro atoms. The number of aliphatic hydroxyl groups excluding tert-OH is 1. The fraction of sp³-hybridized carbons (Fsp3) is 0.667. The lowest BCUT2D eigenvalue weighted by atomic mass is 10.0. The summed E-state index contributed by atoms with van der Waals surface area (Å²) in [5.41, 5.74) is 2.15. The van der Waals surface area contributed by atoms with Crippen LogP contribution in [0.4, 0.5) is 0 Å². The van der Waals surface area contributed by atoms with Gasteiger partial charge in [0.25, 0.3) is 0 Å². The molecular formula is C15H23NOS. The van der Waals surface area contributed by atoms with Crippen LogP contribution in [0.1, 0.15) is 62.7 Å². The minimum Gasteiger partial charge on any atom is -0.388 e. The number of aromatic nitrogens is 1. The Labute approximate surface area is 114 Å². The predicted octanol–water partition coefficient (Wildman–Crippen LogP) is 4.26. The zero-order valence-corrected chi connectivity index (χ0v) is 12.2. The van der Waals surface area contributed by atoms with Gasteiger partial charge in [0.15, 0.2) is 0 Å². The molecule has 1 fully saturated rings. The summed E-state index contributed by atoms with van der Waals surface area (Å²) in [6.45, 7) is 4.09. The van der Waals surface area contributed by atoms with Crippen LogP contribution in [-0.2, 0) is 0 Å². The van der Waals surface area contributed by atoms with Gasteiger partial charge in [-0.05, 0) is 43.4 Å². The number of hydrogen-bond donors (Lipinski definition) is 1. The van der Waals surface area contributed by atoms with E-state index in [1.165, 1.54) is 37.7 Å². The molecule has 100 valence electrons. The number of hydrogen-bond acceptors (Lipinski definition) is 3. The van der Waals surface area contributed by atoms with Crippen LogP contribution < -0.4 is 0 Å². The minimum atomic E-state index is -0.370. The smallest absolute Gasteiger partial charge is 0.0991 e. The van der Waals surface area contributed by atoms with Crippen molar-refractivity contribution in [2.75, 3.05) is 0 Å². The molecule has 1 N–H and O–H groups in total. The summed E-state index contributed by atoms with van der Waals surface area (Å²) in [6, 6.07) is 2.09. The Hall–Kier alpha value is -0.540. The van der Waals surface area contributed by atoms with E-state index in [1.807, 2.05) is 24.9 Å². The van der Waals surface area contributed by atoms with Gasteiger partial charge in [0.1, 0.15) is 0 Å². The molecule has 2 rings (SSSR count). The highest BCUT2D eigenvalue weighted by Gasteiger charge is 2.17. The fourth-order valence-electron chi connectivity index (χ4n) is 2.47. The van der Waals surface area contributed by atoms with Crippen molar-refractivity contribution in [2.24, 2.45) is 0 Å². The average Bonchev–Trinajstić information content (AvgIpc) is 2.41. The van der Waals surface area contributed by atoms with E-state index in [0.29, 0.717) is 0 Å². The Bertz CT molecular complexity index is 388. The van der Waals surface area contributed by atoms with Crippen molar-refractivity contribution in [3.05, 3.63) is 23.4 Å². The van der Waals surface area contributed by atoms with Gasteiger partial charge in [-0.3, -0.25) is 0 Å². The first-order chi connectivity index (χ1) is 8.70. The van der Waals surface area contributed by atoms with E-state index in [1.54, 1.807) is 0 Å². The second-order valence-electron chi connectivity index (χ2n) is 5.19. The van der Waals surface area contributed by atoms with Gasteiger partial charge >= 0.3 is 0 Å². The highest BCUT2D eigenvalue weighted by molar-refractivity contribution is 7.99. The number of thioether (sulfide) groups is 1. The Morgan fingerprint density at radius 2 is 2.11 bits per heavy atom. The maximum Gasteiger partial charge on any atom is 0.0991 e. The van der Waals surface area contributed by atoms with Crippen LogP contribution in [0.15, 0.2) is 17.3 Å². The van der Waals surface area contributed by atoms with Crippen molar-refractivity contribution < 1.29 is 5.11 Å². The monoisotopic (exact) mass is 265 g/mol. The van der Waals surface area contributed by atoms with E-state index in [0.717, 1.165) is 22.3 Å². The SMILES string of the molecule is CC[C@@H](O)c1cnc(SC2CCCCC2)c(C)c1. The van der Waals surface area contributed by atoms with Crippen molar-refractivity contribution >= 4 is 11.8 Å². The number of aliphatic hydroxyl groups is 1. The molecule has 1 aliphatic carbocycles. The molecule has 0 aromatic carbocycles. The molecule has 3 heteroatoms. The lowest BCUT2D eigenvalue weighted by molar-refractivity contribution is 0.173. The highest BCUT2D eigenvalue weighted by Crippen LogP contribution is 2.34. The zero-order valence-electron chi connectivity index (χ0n) is 11.4. The second-order valence-corrected chi connectivity index (χ2v) is 6.48. The molecular weight excluding hydrogens is 242 g/mol. The third-order valence-electron chi connectivity index (χ3n) is 3.65. The normalized spacial score (nSPS) is 18.8. The van der Waals surface area contributed by atoms with Crippen LogP contribution in [0.5, 0.6) is 0 Å². The van der Waals surface area contributed by atoms with Gasteiger partial charge in [0, 0.05) is 11.4 Å². The quantitative estimate of drug-likeness (QED) is 0.883. The molecule has 0 radical (unpaired) electrons. The topological polar surface area (TPSA) is 33.1 Å². The number of pyridine rings is 1. The summed E-state index contributed by atoms with van der Waals surface area (Å²) in [5, 5.41) is 11.7. The predicted molar refractivity (Wildman–Crippen MR) is 77.0 cm³/mol. The maximum absolute atomic E-state index is 9.82. The molecule has 0 aliphatic heterocycles. The average molecular weight is 265 g/mol. The molecule has 1 atom stereocenters. The van der Waals surface area contributed by atoms with E-state index < -0.39 is 0 Å². The lowest BCUT2D eigenvalue weighted by Gasteiger charge is -2.21. The van der Waals surface area contributed by atoms with Crippen LogP contribution in [0.2, 0.25) is 0 Å². The van der Waals surface area contributed by atoms with Gasteiger partial charge in [0.2, 0.25) is 0 Å². The van der Waals surface area contributed by atoms with Crippen molar-refractivity contribution in [3.63, 3.8) is 0 Å². The Kier molecular flexibility index (Phi) is 5.07. The molecule has 1 saturated carbocycles. The fourth-order valence-corrected chi connectivity index (χ4v) is 3.71. The molecule has 2 nitrogen and oxygen atoms in total. The van der Waals surface area contributed by atoms with Gasteiger partial charge in [-0.1, -0.05) is 26.2 Å². The second kappa shape index (κ2) is 6.58. The number of nitrogens with zero attached hydrogens (tertiary/aromatic N) is 1. The van der Waals surface area contributed by atoms with Gasteiger partial charge in [-0.25, -0.2) is 4.98 Å². The molecule has 0 saturated heterocycles. The van der Waals surface area contributed by atoms with Crippen LogP contribution in [-0.4, -0.2) is 15.3 Å². The molecule has 1 aromatic rings. The van der Waals surface area contributed by atoms with Crippen molar-refractivity contribution in [1.29, 1.82) is 0 Å². The third-order valence-corrected chi connectivity index (χ3v) is 5.11. The van der Waals surface area contributed by atoms with Gasteiger partial charge in [-0.2, -0.15) is 0 Å². The third kappa shape index (κ3) is 3.48. The standard InChI is InChI=1S/C15H23NOS/c1-3-14(17)12-9-11(2)15(16-10-12)18-13-7-5-4-6-8-13/h9-10,13-14,17H,3-8H2,1-2H3/t14-/m1/s1. The largest absolute Gasteiger partial charge is 0.388 e. The summed E-state index contributed by atoms with van der Waals surface area (Å²) in [6.07, 6.45) is 8.99. The first-order valence-electron chi connectivity index (χ1n) is 7.02. The van der Waals surface area contributed by atoms with Crippen molar-refractivity contribution in [2.45, 2.75) is 68.8 Å². The molecule has 1 heterocycles. The van der Waals surface area contributed by atoms with Crippen LogP contribution in [0, 0.1) is 6.92 Å². The van der Waals surface area contributed by atoms with E-state index >= 15 is 0 Å². The van der Waals surface area contributed by atoms with E-state index in [9.17, 15) is 5.11 Å². The molecule has 0 amide bonds. The Morgan fingerprint density at radius 1 is 1.39 bits per heavy atom. The number of rotatable bonds is 4. The molecule has 0 bridgehead atoms.